The predicted molar refractivity (Wildman–Crippen MR) is 141 cm³/mol. The molecule has 8 heteroatoms. The first-order valence-corrected chi connectivity index (χ1v) is 12.6. The molecule has 1 aliphatic heterocycles. The molecule has 1 saturated carbocycles. The van der Waals surface area contributed by atoms with E-state index in [0.717, 1.165) is 64.1 Å². The van der Waals surface area contributed by atoms with Crippen molar-refractivity contribution in [2.75, 3.05) is 18.0 Å². The summed E-state index contributed by atoms with van der Waals surface area (Å²) in [6, 6.07) is 16.0. The second kappa shape index (κ2) is 9.35. The summed E-state index contributed by atoms with van der Waals surface area (Å²) in [5.74, 6) is 1.81. The summed E-state index contributed by atoms with van der Waals surface area (Å²) in [5.41, 5.74) is 5.78. The van der Waals surface area contributed by atoms with Crippen LogP contribution < -0.4 is 9.64 Å². The Morgan fingerprint density at radius 3 is 2.37 bits per heavy atom. The highest BCUT2D eigenvalue weighted by atomic mass is 19.4. The minimum atomic E-state index is -4.72. The normalized spacial score (nSPS) is 17.9. The fourth-order valence-corrected chi connectivity index (χ4v) is 5.21. The molecule has 2 aromatic carbocycles. The number of hydrogen-bond acceptors (Lipinski definition) is 5. The summed E-state index contributed by atoms with van der Waals surface area (Å²) in [6.07, 6.45) is 1.36. The highest BCUT2D eigenvalue weighted by molar-refractivity contribution is 5.98. The van der Waals surface area contributed by atoms with Crippen LogP contribution in [0.5, 0.6) is 5.75 Å². The Bertz CT molecular complexity index is 1500. The minimum Gasteiger partial charge on any atom is -0.492 e. The Morgan fingerprint density at radius 1 is 0.947 bits per heavy atom. The van der Waals surface area contributed by atoms with Crippen molar-refractivity contribution >= 4 is 16.7 Å². The molecule has 2 fully saturated rings. The van der Waals surface area contributed by atoms with Gasteiger partial charge < -0.3 is 14.4 Å². The molecule has 1 saturated heterocycles. The largest absolute Gasteiger partial charge is 0.573 e. The molecule has 0 N–H and O–H groups in total. The van der Waals surface area contributed by atoms with Crippen LogP contribution in [-0.4, -0.2) is 35.5 Å². The molecule has 2 aliphatic rings. The Kier molecular flexibility index (Phi) is 5.97. The van der Waals surface area contributed by atoms with Crippen molar-refractivity contribution in [3.05, 3.63) is 84.9 Å². The molecule has 3 heterocycles. The van der Waals surface area contributed by atoms with Gasteiger partial charge in [-0.15, -0.1) is 13.2 Å². The van der Waals surface area contributed by atoms with Crippen LogP contribution in [0.4, 0.5) is 19.0 Å². The molecule has 6 rings (SSSR count). The number of morpholine rings is 1. The Morgan fingerprint density at radius 2 is 1.71 bits per heavy atom. The lowest BCUT2D eigenvalue weighted by Crippen LogP contribution is -2.40. The minimum absolute atomic E-state index is 0.0615. The monoisotopic (exact) mass is 517 g/mol. The summed E-state index contributed by atoms with van der Waals surface area (Å²) in [6.45, 7) is 7.36. The zero-order valence-corrected chi connectivity index (χ0v) is 20.8. The maximum Gasteiger partial charge on any atom is 0.573 e. The number of nitrogens with zero attached hydrogens (tertiary/aromatic N) is 3. The summed E-state index contributed by atoms with van der Waals surface area (Å²) >= 11 is 0. The quantitative estimate of drug-likeness (QED) is 0.275. The van der Waals surface area contributed by atoms with Crippen molar-refractivity contribution in [2.24, 2.45) is 0 Å². The van der Waals surface area contributed by atoms with Crippen LogP contribution in [0, 0.1) is 0 Å². The average Bonchev–Trinajstić information content (AvgIpc) is 3.72. The van der Waals surface area contributed by atoms with Gasteiger partial charge in [-0.05, 0) is 61.1 Å². The van der Waals surface area contributed by atoms with Gasteiger partial charge in [0.1, 0.15) is 23.4 Å². The van der Waals surface area contributed by atoms with E-state index in [4.69, 9.17) is 14.7 Å². The summed E-state index contributed by atoms with van der Waals surface area (Å²) in [4.78, 5) is 11.8. The number of pyridine rings is 2. The summed E-state index contributed by atoms with van der Waals surface area (Å²) in [5, 5.41) is 1.06. The molecule has 0 spiro atoms. The van der Waals surface area contributed by atoms with Crippen molar-refractivity contribution in [3.63, 3.8) is 0 Å². The van der Waals surface area contributed by atoms with Crippen molar-refractivity contribution in [2.45, 2.75) is 38.1 Å². The van der Waals surface area contributed by atoms with E-state index >= 15 is 0 Å². The average molecular weight is 518 g/mol. The van der Waals surface area contributed by atoms with Crippen molar-refractivity contribution in [1.82, 2.24) is 9.97 Å². The number of halogens is 3. The summed E-state index contributed by atoms with van der Waals surface area (Å²) in [7, 11) is 0. The Labute approximate surface area is 218 Å². The standard InChI is InChI=1S/C30H26F3N3O2/c1-18-16-36(17-19(2)37-18)27-13-10-22(14-34-27)26-15-35-29-24(4-3-5-25(29)28(26)21-6-7-21)20-8-11-23(12-9-20)38-30(31,32)33/h3-5,8-15,19,21H,1,6-7,16-17H2,2H3/t19-/m1/s1. The third kappa shape index (κ3) is 4.90. The van der Waals surface area contributed by atoms with Crippen LogP contribution in [-0.2, 0) is 4.74 Å². The van der Waals surface area contributed by atoms with Gasteiger partial charge >= 0.3 is 6.36 Å². The van der Waals surface area contributed by atoms with Gasteiger partial charge in [-0.25, -0.2) is 4.98 Å². The molecule has 2 aromatic heterocycles. The van der Waals surface area contributed by atoms with Gasteiger partial charge in [0.05, 0.1) is 18.6 Å². The molecular formula is C30H26F3N3O2. The highest BCUT2D eigenvalue weighted by Crippen LogP contribution is 2.48. The van der Waals surface area contributed by atoms with Crippen LogP contribution >= 0.6 is 0 Å². The van der Waals surface area contributed by atoms with Gasteiger partial charge in [0, 0.05) is 34.5 Å². The second-order valence-corrected chi connectivity index (χ2v) is 9.89. The molecule has 1 atom stereocenters. The fourth-order valence-electron chi connectivity index (χ4n) is 5.21. The first-order chi connectivity index (χ1) is 18.2. The van der Waals surface area contributed by atoms with Crippen LogP contribution in [0.2, 0.25) is 0 Å². The van der Waals surface area contributed by atoms with Crippen molar-refractivity contribution in [3.8, 4) is 28.0 Å². The molecule has 194 valence electrons. The SMILES string of the molecule is C=C1CN(c2ccc(-c3cnc4c(-c5ccc(OC(F)(F)F)cc5)cccc4c3C3CC3)cn2)C[C@@H](C)O1. The number of rotatable bonds is 5. The lowest BCUT2D eigenvalue weighted by Gasteiger charge is -2.33. The van der Waals surface area contributed by atoms with Gasteiger partial charge in [0.25, 0.3) is 0 Å². The van der Waals surface area contributed by atoms with E-state index in [1.54, 1.807) is 12.1 Å². The van der Waals surface area contributed by atoms with Gasteiger partial charge in [0.2, 0.25) is 0 Å². The van der Waals surface area contributed by atoms with Gasteiger partial charge in [-0.2, -0.15) is 0 Å². The molecule has 0 amide bonds. The molecule has 0 radical (unpaired) electrons. The molecular weight excluding hydrogens is 491 g/mol. The zero-order valence-electron chi connectivity index (χ0n) is 20.8. The Balaban J connectivity index is 1.36. The van der Waals surface area contributed by atoms with Crippen LogP contribution in [0.1, 0.15) is 31.2 Å². The lowest BCUT2D eigenvalue weighted by atomic mass is 9.92. The van der Waals surface area contributed by atoms with Gasteiger partial charge in [-0.3, -0.25) is 4.98 Å². The number of aromatic nitrogens is 2. The molecule has 1 aliphatic carbocycles. The third-order valence-corrected chi connectivity index (χ3v) is 6.92. The Hall–Kier alpha value is -4.07. The van der Waals surface area contributed by atoms with Crippen LogP contribution in [0.25, 0.3) is 33.2 Å². The van der Waals surface area contributed by atoms with E-state index in [9.17, 15) is 13.2 Å². The lowest BCUT2D eigenvalue weighted by molar-refractivity contribution is -0.274. The molecule has 4 aromatic rings. The fraction of sp³-hybridized carbons (Fsp3) is 0.267. The topological polar surface area (TPSA) is 47.5 Å². The number of hydrogen-bond donors (Lipinski definition) is 0. The number of fused-ring (bicyclic) bond motifs is 1. The van der Waals surface area contributed by atoms with E-state index in [0.29, 0.717) is 12.5 Å². The maximum absolute atomic E-state index is 12.6. The highest BCUT2D eigenvalue weighted by Gasteiger charge is 2.31. The van der Waals surface area contributed by atoms with E-state index in [-0.39, 0.29) is 11.9 Å². The van der Waals surface area contributed by atoms with E-state index in [1.807, 2.05) is 37.5 Å². The smallest absolute Gasteiger partial charge is 0.492 e. The first-order valence-electron chi connectivity index (χ1n) is 12.6. The number of ether oxygens (including phenoxy) is 2. The molecule has 0 unspecified atom stereocenters. The third-order valence-electron chi connectivity index (χ3n) is 6.92. The zero-order chi connectivity index (χ0) is 26.4. The number of benzene rings is 2. The number of alkyl halides is 3. The van der Waals surface area contributed by atoms with Gasteiger partial charge in [-0.1, -0.05) is 36.9 Å². The van der Waals surface area contributed by atoms with Gasteiger partial charge in [0.15, 0.2) is 0 Å². The van der Waals surface area contributed by atoms with E-state index < -0.39 is 6.36 Å². The first kappa shape index (κ1) is 24.3. The van der Waals surface area contributed by atoms with Crippen LogP contribution in [0.15, 0.2) is 79.3 Å². The summed E-state index contributed by atoms with van der Waals surface area (Å²) < 4.78 is 47.4. The predicted octanol–water partition coefficient (Wildman–Crippen LogP) is 7.48. The number of anilines is 1. The number of para-hydroxylation sites is 1. The molecule has 0 bridgehead atoms. The van der Waals surface area contributed by atoms with Crippen LogP contribution in [0.3, 0.4) is 0 Å². The maximum atomic E-state index is 12.6. The molecule has 5 nitrogen and oxygen atoms in total. The second-order valence-electron chi connectivity index (χ2n) is 9.89. The van der Waals surface area contributed by atoms with Crippen molar-refractivity contribution < 1.29 is 22.6 Å². The van der Waals surface area contributed by atoms with E-state index in [2.05, 4.69) is 28.3 Å². The van der Waals surface area contributed by atoms with Crippen molar-refractivity contribution in [1.29, 1.82) is 0 Å². The van der Waals surface area contributed by atoms with E-state index in [1.165, 1.54) is 17.7 Å². The molecule has 38 heavy (non-hydrogen) atoms.